The van der Waals surface area contributed by atoms with E-state index in [9.17, 15) is 4.79 Å². The number of aromatic nitrogens is 3. The molecule has 3 aromatic heterocycles. The van der Waals surface area contributed by atoms with Gasteiger partial charge in [-0.25, -0.2) is 14.8 Å². The van der Waals surface area contributed by atoms with Gasteiger partial charge in [0.25, 0.3) is 0 Å². The third-order valence-corrected chi connectivity index (χ3v) is 6.22. The van der Waals surface area contributed by atoms with Gasteiger partial charge in [0.2, 0.25) is 0 Å². The first-order valence-corrected chi connectivity index (χ1v) is 11.0. The molecule has 0 saturated heterocycles. The molecule has 3 aromatic rings. The van der Waals surface area contributed by atoms with Crippen LogP contribution in [0.15, 0.2) is 24.5 Å². The first kappa shape index (κ1) is 20.6. The molecule has 0 aliphatic carbocycles. The zero-order valence-electron chi connectivity index (χ0n) is 17.1. The van der Waals surface area contributed by atoms with Crippen LogP contribution in [0.1, 0.15) is 28.6 Å². The SMILES string of the molecule is CCNC(=O)Nc1nc2c(s1)CN(c1cc(-c3ncc(C)cc3C)c(Cl)cn1)CC2. The largest absolute Gasteiger partial charge is 0.351 e. The van der Waals surface area contributed by atoms with Crippen molar-refractivity contribution < 1.29 is 4.79 Å². The maximum Gasteiger partial charge on any atom is 0.321 e. The summed E-state index contributed by atoms with van der Waals surface area (Å²) < 4.78 is 0. The number of halogens is 1. The summed E-state index contributed by atoms with van der Waals surface area (Å²) in [6, 6.07) is 3.88. The zero-order chi connectivity index (χ0) is 21.3. The molecule has 0 fully saturated rings. The van der Waals surface area contributed by atoms with Crippen LogP contribution in [-0.2, 0) is 13.0 Å². The topological polar surface area (TPSA) is 83.0 Å². The molecule has 0 unspecified atom stereocenters. The number of pyridine rings is 2. The van der Waals surface area contributed by atoms with Gasteiger partial charge in [-0.1, -0.05) is 29.0 Å². The van der Waals surface area contributed by atoms with E-state index in [-0.39, 0.29) is 6.03 Å². The quantitative estimate of drug-likeness (QED) is 0.618. The molecule has 1 aliphatic rings. The Hall–Kier alpha value is -2.71. The number of hydrogen-bond donors (Lipinski definition) is 2. The summed E-state index contributed by atoms with van der Waals surface area (Å²) in [6.07, 6.45) is 4.34. The molecule has 0 atom stereocenters. The number of carbonyl (C=O) groups is 1. The van der Waals surface area contributed by atoms with Gasteiger partial charge in [0.05, 0.1) is 23.0 Å². The molecule has 156 valence electrons. The highest BCUT2D eigenvalue weighted by molar-refractivity contribution is 7.15. The Morgan fingerprint density at radius 2 is 2.10 bits per heavy atom. The average molecular weight is 443 g/mol. The van der Waals surface area contributed by atoms with Crippen molar-refractivity contribution in [2.45, 2.75) is 33.7 Å². The Morgan fingerprint density at radius 1 is 1.27 bits per heavy atom. The number of nitrogens with one attached hydrogen (secondary N) is 2. The molecule has 9 heteroatoms. The Labute approximate surface area is 184 Å². The minimum Gasteiger partial charge on any atom is -0.351 e. The minimum absolute atomic E-state index is 0.231. The summed E-state index contributed by atoms with van der Waals surface area (Å²) in [7, 11) is 0. The standard InChI is InChI=1S/C21H23ClN6OS/c1-4-23-20(29)27-21-26-16-5-6-28(11-17(16)30-21)18-8-14(15(22)10-24-18)19-13(3)7-12(2)9-25-19/h7-10H,4-6,11H2,1-3H3,(H2,23,26,27,29). The number of thiazole rings is 1. The number of amides is 2. The highest BCUT2D eigenvalue weighted by Crippen LogP contribution is 2.34. The summed E-state index contributed by atoms with van der Waals surface area (Å²) in [5, 5.41) is 6.73. The van der Waals surface area contributed by atoms with Crippen LogP contribution in [0.3, 0.4) is 0 Å². The molecule has 30 heavy (non-hydrogen) atoms. The third kappa shape index (κ3) is 4.24. The number of fused-ring (bicyclic) bond motifs is 1. The molecule has 0 spiro atoms. The minimum atomic E-state index is -0.231. The molecule has 7 nitrogen and oxygen atoms in total. The number of hydrogen-bond acceptors (Lipinski definition) is 6. The molecule has 0 saturated carbocycles. The zero-order valence-corrected chi connectivity index (χ0v) is 18.7. The lowest BCUT2D eigenvalue weighted by molar-refractivity contribution is 0.252. The number of anilines is 2. The second-order valence-electron chi connectivity index (χ2n) is 7.25. The van der Waals surface area contributed by atoms with E-state index in [4.69, 9.17) is 11.6 Å². The summed E-state index contributed by atoms with van der Waals surface area (Å²) in [4.78, 5) is 28.8. The molecule has 4 heterocycles. The molecular weight excluding hydrogens is 420 g/mol. The molecule has 1 aliphatic heterocycles. The Kier molecular flexibility index (Phi) is 5.87. The number of nitrogens with zero attached hydrogens (tertiary/aromatic N) is 4. The van der Waals surface area contributed by atoms with E-state index in [0.29, 0.717) is 23.2 Å². The Bertz CT molecular complexity index is 1100. The number of aryl methyl sites for hydroxylation is 2. The first-order chi connectivity index (χ1) is 14.4. The second kappa shape index (κ2) is 8.57. The van der Waals surface area contributed by atoms with Crippen LogP contribution in [0.25, 0.3) is 11.3 Å². The van der Waals surface area contributed by atoms with Crippen LogP contribution in [0, 0.1) is 13.8 Å². The molecule has 4 rings (SSSR count). The smallest absolute Gasteiger partial charge is 0.321 e. The predicted octanol–water partition coefficient (Wildman–Crippen LogP) is 4.57. The van der Waals surface area contributed by atoms with Gasteiger partial charge >= 0.3 is 6.03 Å². The van der Waals surface area contributed by atoms with Crippen LogP contribution in [0.2, 0.25) is 5.02 Å². The normalized spacial score (nSPS) is 13.1. The summed E-state index contributed by atoms with van der Waals surface area (Å²) in [5.41, 5.74) is 4.99. The van der Waals surface area contributed by atoms with Gasteiger partial charge in [0.1, 0.15) is 5.82 Å². The van der Waals surface area contributed by atoms with E-state index >= 15 is 0 Å². The fraction of sp³-hybridized carbons (Fsp3) is 0.333. The lowest BCUT2D eigenvalue weighted by Crippen LogP contribution is -2.30. The van der Waals surface area contributed by atoms with Crippen molar-refractivity contribution in [1.82, 2.24) is 20.3 Å². The van der Waals surface area contributed by atoms with Gasteiger partial charge in [-0.2, -0.15) is 0 Å². The van der Waals surface area contributed by atoms with E-state index < -0.39 is 0 Å². The molecule has 2 N–H and O–H groups in total. The van der Waals surface area contributed by atoms with Crippen LogP contribution in [0.5, 0.6) is 0 Å². The summed E-state index contributed by atoms with van der Waals surface area (Å²) in [6.45, 7) is 8.01. The van der Waals surface area contributed by atoms with Crippen LogP contribution in [0.4, 0.5) is 15.7 Å². The van der Waals surface area contributed by atoms with Crippen molar-refractivity contribution in [2.24, 2.45) is 0 Å². The van der Waals surface area contributed by atoms with Gasteiger partial charge in [0, 0.05) is 42.3 Å². The molecule has 2 amide bonds. The lowest BCUT2D eigenvalue weighted by atomic mass is 10.1. The van der Waals surface area contributed by atoms with E-state index in [2.05, 4.69) is 36.6 Å². The molecule has 0 bridgehead atoms. The van der Waals surface area contributed by atoms with Crippen molar-refractivity contribution in [2.75, 3.05) is 23.3 Å². The monoisotopic (exact) mass is 442 g/mol. The van der Waals surface area contributed by atoms with Gasteiger partial charge in [-0.15, -0.1) is 0 Å². The number of carbonyl (C=O) groups excluding carboxylic acids is 1. The summed E-state index contributed by atoms with van der Waals surface area (Å²) >= 11 is 7.97. The fourth-order valence-electron chi connectivity index (χ4n) is 3.53. The van der Waals surface area contributed by atoms with Gasteiger partial charge < -0.3 is 10.2 Å². The predicted molar refractivity (Wildman–Crippen MR) is 122 cm³/mol. The van der Waals surface area contributed by atoms with Crippen molar-refractivity contribution >= 4 is 39.9 Å². The highest BCUT2D eigenvalue weighted by Gasteiger charge is 2.23. The third-order valence-electron chi connectivity index (χ3n) is 4.92. The van der Waals surface area contributed by atoms with Crippen LogP contribution >= 0.6 is 22.9 Å². The molecule has 0 radical (unpaired) electrons. The van der Waals surface area contributed by atoms with E-state index in [0.717, 1.165) is 51.7 Å². The van der Waals surface area contributed by atoms with E-state index in [1.54, 1.807) is 6.20 Å². The highest BCUT2D eigenvalue weighted by atomic mass is 35.5. The van der Waals surface area contributed by atoms with Crippen LogP contribution in [-0.4, -0.2) is 34.1 Å². The van der Waals surface area contributed by atoms with Crippen molar-refractivity contribution in [3.63, 3.8) is 0 Å². The first-order valence-electron chi connectivity index (χ1n) is 9.82. The van der Waals surface area contributed by atoms with Crippen molar-refractivity contribution in [3.05, 3.63) is 51.2 Å². The van der Waals surface area contributed by atoms with Gasteiger partial charge in [-0.3, -0.25) is 10.3 Å². The van der Waals surface area contributed by atoms with Gasteiger partial charge in [-0.05, 0) is 38.0 Å². The maximum atomic E-state index is 11.8. The summed E-state index contributed by atoms with van der Waals surface area (Å²) in [5.74, 6) is 0.855. The van der Waals surface area contributed by atoms with Gasteiger partial charge in [0.15, 0.2) is 5.13 Å². The molecule has 0 aromatic carbocycles. The number of urea groups is 1. The molecular formula is C21H23ClN6OS. The second-order valence-corrected chi connectivity index (χ2v) is 8.74. The Balaban J connectivity index is 1.57. The van der Waals surface area contributed by atoms with E-state index in [1.165, 1.54) is 11.3 Å². The number of rotatable bonds is 4. The maximum absolute atomic E-state index is 11.8. The van der Waals surface area contributed by atoms with Crippen molar-refractivity contribution in [1.29, 1.82) is 0 Å². The lowest BCUT2D eigenvalue weighted by Gasteiger charge is -2.27. The Morgan fingerprint density at radius 3 is 2.87 bits per heavy atom. The van der Waals surface area contributed by atoms with E-state index in [1.807, 2.05) is 33.0 Å². The van der Waals surface area contributed by atoms with Crippen LogP contribution < -0.4 is 15.5 Å². The van der Waals surface area contributed by atoms with Crippen molar-refractivity contribution in [3.8, 4) is 11.3 Å². The fourth-order valence-corrected chi connectivity index (χ4v) is 4.74. The average Bonchev–Trinajstić information content (AvgIpc) is 3.10.